The predicted molar refractivity (Wildman–Crippen MR) is 113 cm³/mol. The average molecular weight is 421 g/mol. The maximum absolute atomic E-state index is 11.4. The molecule has 1 aliphatic rings. The third-order valence-corrected chi connectivity index (χ3v) is 6.90. The molecule has 4 rings (SSSR count). The van der Waals surface area contributed by atoms with E-state index in [-0.39, 0.29) is 0 Å². The maximum Gasteiger partial charge on any atom is 0.222 e. The largest absolute Gasteiger partial charge is 0.359 e. The Hall–Kier alpha value is -1.75. The molecule has 7 nitrogen and oxygen atoms in total. The molecule has 1 fully saturated rings. The first kappa shape index (κ1) is 18.6. The van der Waals surface area contributed by atoms with Gasteiger partial charge in [-0.1, -0.05) is 11.3 Å². The van der Waals surface area contributed by atoms with Gasteiger partial charge in [-0.2, -0.15) is 0 Å². The predicted octanol–water partition coefficient (Wildman–Crippen LogP) is 3.23. The third kappa shape index (κ3) is 4.40. The molecule has 142 valence electrons. The van der Waals surface area contributed by atoms with Crippen molar-refractivity contribution in [3.8, 4) is 0 Å². The first-order valence-corrected chi connectivity index (χ1v) is 11.8. The number of nitrogens with two attached hydrogens (primary N) is 1. The van der Waals surface area contributed by atoms with Gasteiger partial charge in [-0.15, -0.1) is 11.8 Å². The molecule has 1 aromatic carbocycles. The molecule has 2 heterocycles. The van der Waals surface area contributed by atoms with Crippen molar-refractivity contribution in [2.45, 2.75) is 41.1 Å². The summed E-state index contributed by atoms with van der Waals surface area (Å²) in [6.45, 7) is 0. The van der Waals surface area contributed by atoms with Crippen molar-refractivity contribution in [3.05, 3.63) is 30.6 Å². The molecule has 0 bridgehead atoms. The van der Waals surface area contributed by atoms with E-state index >= 15 is 0 Å². The number of aromatic nitrogens is 3. The van der Waals surface area contributed by atoms with E-state index in [0.29, 0.717) is 22.9 Å². The highest BCUT2D eigenvalue weighted by Crippen LogP contribution is 2.31. The van der Waals surface area contributed by atoms with Gasteiger partial charge in [0.1, 0.15) is 11.0 Å². The molecule has 0 amide bonds. The van der Waals surface area contributed by atoms with Gasteiger partial charge in [0.2, 0.25) is 5.95 Å². The van der Waals surface area contributed by atoms with Crippen LogP contribution in [0.2, 0.25) is 0 Å². The first-order chi connectivity index (χ1) is 13.1. The minimum absolute atomic E-state index is 0.350. The molecule has 4 N–H and O–H groups in total. The van der Waals surface area contributed by atoms with Gasteiger partial charge in [0.05, 0.1) is 15.1 Å². The fraction of sp³-hybridized carbons (Fsp3) is 0.353. The van der Waals surface area contributed by atoms with Crippen LogP contribution >= 0.6 is 23.1 Å². The Morgan fingerprint density at radius 2 is 1.96 bits per heavy atom. The number of anilines is 2. The van der Waals surface area contributed by atoms with Gasteiger partial charge in [0, 0.05) is 29.4 Å². The minimum atomic E-state index is -1.47. The van der Waals surface area contributed by atoms with Crippen LogP contribution in [0, 0.1) is 0 Å². The lowest BCUT2D eigenvalue weighted by Gasteiger charge is -2.14. The summed E-state index contributed by atoms with van der Waals surface area (Å²) in [5, 5.41) is 13.3. The van der Waals surface area contributed by atoms with Crippen LogP contribution in [0.3, 0.4) is 0 Å². The second-order valence-electron chi connectivity index (χ2n) is 6.39. The molecular formula is C17H20N6OS3. The second-order valence-corrected chi connectivity index (χ2v) is 9.36. The van der Waals surface area contributed by atoms with Crippen LogP contribution in [0.15, 0.2) is 40.4 Å². The summed E-state index contributed by atoms with van der Waals surface area (Å²) < 4.78 is 12.4. The first-order valence-electron chi connectivity index (χ1n) is 8.56. The van der Waals surface area contributed by atoms with Crippen LogP contribution in [-0.4, -0.2) is 37.5 Å². The molecule has 27 heavy (non-hydrogen) atoms. The van der Waals surface area contributed by atoms with Crippen LogP contribution in [-0.2, 0) is 11.0 Å². The van der Waals surface area contributed by atoms with Gasteiger partial charge >= 0.3 is 0 Å². The van der Waals surface area contributed by atoms with Gasteiger partial charge < -0.3 is 10.6 Å². The molecule has 0 aliphatic heterocycles. The fourth-order valence-electron chi connectivity index (χ4n) is 3.19. The van der Waals surface area contributed by atoms with Crippen molar-refractivity contribution in [1.82, 2.24) is 15.0 Å². The Morgan fingerprint density at radius 1 is 1.22 bits per heavy atom. The van der Waals surface area contributed by atoms with Gasteiger partial charge in [-0.3, -0.25) is 0 Å². The number of thiazole rings is 1. The van der Waals surface area contributed by atoms with Crippen molar-refractivity contribution >= 4 is 55.4 Å². The monoisotopic (exact) mass is 420 g/mol. The summed E-state index contributed by atoms with van der Waals surface area (Å²) in [4.78, 5) is 15.0. The Labute approximate surface area is 168 Å². The highest BCUT2D eigenvalue weighted by molar-refractivity contribution is 7.98. The fourth-order valence-corrected chi connectivity index (χ4v) is 5.00. The Balaban J connectivity index is 1.37. The number of thioether (sulfide) groups is 1. The van der Waals surface area contributed by atoms with Crippen LogP contribution in [0.1, 0.15) is 19.3 Å². The number of nitrogens with one attached hydrogen (secondary N) is 2. The van der Waals surface area contributed by atoms with Crippen molar-refractivity contribution in [3.63, 3.8) is 0 Å². The molecule has 0 saturated heterocycles. The lowest BCUT2D eigenvalue weighted by molar-refractivity contribution is 0.684. The van der Waals surface area contributed by atoms with E-state index < -0.39 is 11.0 Å². The van der Waals surface area contributed by atoms with E-state index in [1.807, 2.05) is 30.8 Å². The molecule has 2 unspecified atom stereocenters. The Morgan fingerprint density at radius 3 is 2.67 bits per heavy atom. The molecule has 0 radical (unpaired) electrons. The van der Waals surface area contributed by atoms with E-state index in [9.17, 15) is 4.21 Å². The molecule has 3 atom stereocenters. The molecular weight excluding hydrogens is 400 g/mol. The molecule has 1 saturated carbocycles. The number of rotatable bonds is 6. The summed E-state index contributed by atoms with van der Waals surface area (Å²) >= 11 is 3.20. The normalized spacial score (nSPS) is 20.7. The van der Waals surface area contributed by atoms with E-state index in [4.69, 9.17) is 5.14 Å². The van der Waals surface area contributed by atoms with Crippen LogP contribution in [0.4, 0.5) is 11.1 Å². The lowest BCUT2D eigenvalue weighted by Crippen LogP contribution is -2.21. The van der Waals surface area contributed by atoms with Gasteiger partial charge in [0.15, 0.2) is 5.13 Å². The lowest BCUT2D eigenvalue weighted by atomic mass is 10.2. The third-order valence-electron chi connectivity index (χ3n) is 4.55. The molecule has 0 spiro atoms. The molecule has 10 heteroatoms. The maximum atomic E-state index is 11.4. The van der Waals surface area contributed by atoms with Crippen LogP contribution in [0.5, 0.6) is 0 Å². The highest BCUT2D eigenvalue weighted by Gasteiger charge is 2.26. The quantitative estimate of drug-likeness (QED) is 0.526. The highest BCUT2D eigenvalue weighted by atomic mass is 32.2. The zero-order valence-corrected chi connectivity index (χ0v) is 17.2. The summed E-state index contributed by atoms with van der Waals surface area (Å²) in [6, 6.07) is 6.19. The van der Waals surface area contributed by atoms with Gasteiger partial charge in [-0.25, -0.2) is 24.3 Å². The molecule has 2 aromatic heterocycles. The van der Waals surface area contributed by atoms with Crippen molar-refractivity contribution in [2.75, 3.05) is 16.9 Å². The van der Waals surface area contributed by atoms with Gasteiger partial charge in [-0.05, 0) is 43.7 Å². The van der Waals surface area contributed by atoms with E-state index in [2.05, 4.69) is 25.6 Å². The van der Waals surface area contributed by atoms with Crippen molar-refractivity contribution < 1.29 is 4.21 Å². The Bertz CT molecular complexity index is 961. The van der Waals surface area contributed by atoms with E-state index in [1.165, 1.54) is 0 Å². The van der Waals surface area contributed by atoms with Crippen molar-refractivity contribution in [2.24, 2.45) is 5.14 Å². The van der Waals surface area contributed by atoms with Crippen LogP contribution in [0.25, 0.3) is 10.2 Å². The summed E-state index contributed by atoms with van der Waals surface area (Å²) in [7, 11) is -1.47. The zero-order valence-electron chi connectivity index (χ0n) is 14.7. The molecule has 1 aliphatic carbocycles. The van der Waals surface area contributed by atoms with E-state index in [1.54, 1.807) is 29.2 Å². The number of hydrogen-bond acceptors (Lipinski definition) is 8. The van der Waals surface area contributed by atoms with E-state index in [0.717, 1.165) is 39.5 Å². The van der Waals surface area contributed by atoms with Crippen LogP contribution < -0.4 is 15.8 Å². The SMILES string of the molecule is CSc1cnc(N[C@H]2CCC(Nc3nc4ccc(S(N)=O)cc4s3)C2)nc1. The van der Waals surface area contributed by atoms with Crippen molar-refractivity contribution in [1.29, 1.82) is 0 Å². The molecule has 3 aromatic rings. The van der Waals surface area contributed by atoms with Gasteiger partial charge in [0.25, 0.3) is 0 Å². The summed E-state index contributed by atoms with van der Waals surface area (Å²) in [5.41, 5.74) is 0.895. The number of nitrogens with zero attached hydrogens (tertiary/aromatic N) is 3. The topological polar surface area (TPSA) is 106 Å². The smallest absolute Gasteiger partial charge is 0.222 e. The number of hydrogen-bond donors (Lipinski definition) is 3. The second kappa shape index (κ2) is 8.09. The summed E-state index contributed by atoms with van der Waals surface area (Å²) in [5.74, 6) is 0.681. The zero-order chi connectivity index (χ0) is 18.8. The number of fused-ring (bicyclic) bond motifs is 1. The standard InChI is InChI=1S/C17H20N6OS3/c1-25-12-8-19-16(20-9-12)21-10-2-3-11(6-10)22-17-23-14-5-4-13(27(18)24)7-15(14)26-17/h4-5,7-11H,2-3,6,18H2,1H3,(H,22,23)(H,19,20,21)/t10-,11?,27?/m0/s1. The summed E-state index contributed by atoms with van der Waals surface area (Å²) in [6.07, 6.45) is 8.81. The Kier molecular flexibility index (Phi) is 5.58. The minimum Gasteiger partial charge on any atom is -0.359 e. The number of benzene rings is 1. The average Bonchev–Trinajstić information content (AvgIpc) is 3.27.